The van der Waals surface area contributed by atoms with Crippen LogP contribution in [-0.2, 0) is 19.6 Å². The fourth-order valence-electron chi connectivity index (χ4n) is 2.36. The Hall–Kier alpha value is -1.49. The molecule has 1 aromatic carbocycles. The Morgan fingerprint density at radius 3 is 2.72 bits per heavy atom. The van der Waals surface area contributed by atoms with Gasteiger partial charge in [0.1, 0.15) is 4.32 Å². The zero-order chi connectivity index (χ0) is 18.6. The summed E-state index contributed by atoms with van der Waals surface area (Å²) < 4.78 is 23.6. The van der Waals surface area contributed by atoms with Crippen LogP contribution in [0.1, 0.15) is 24.8 Å². The second-order valence-electron chi connectivity index (χ2n) is 5.63. The van der Waals surface area contributed by atoms with E-state index in [0.717, 1.165) is 0 Å². The number of hydrogen-bond donors (Lipinski definition) is 2. The van der Waals surface area contributed by atoms with E-state index >= 15 is 0 Å². The number of carbonyl (C=O) groups excluding carboxylic acids is 2. The molecule has 2 amide bonds. The predicted molar refractivity (Wildman–Crippen MR) is 102 cm³/mol. The summed E-state index contributed by atoms with van der Waals surface area (Å²) in [7, 11) is -3.84. The Bertz CT molecular complexity index is 792. The Labute approximate surface area is 156 Å². The number of anilines is 1. The first kappa shape index (κ1) is 19.8. The average Bonchev–Trinajstić information content (AvgIpc) is 2.83. The molecule has 0 aromatic heterocycles. The normalized spacial score (nSPS) is 14.9. The average molecular weight is 402 g/mol. The molecule has 0 saturated carbocycles. The van der Waals surface area contributed by atoms with Gasteiger partial charge in [-0.05, 0) is 37.5 Å². The number of rotatable bonds is 7. The van der Waals surface area contributed by atoms with E-state index < -0.39 is 10.0 Å². The highest BCUT2D eigenvalue weighted by atomic mass is 32.2. The van der Waals surface area contributed by atoms with E-state index in [4.69, 9.17) is 17.4 Å². The SMILES string of the molecule is Cc1ccc(NC(=O)CCCCN2C(=O)CSC2=S)cc1S(N)(=O)=O. The fourth-order valence-corrected chi connectivity index (χ4v) is 4.29. The lowest BCUT2D eigenvalue weighted by atomic mass is 10.2. The Morgan fingerprint density at radius 2 is 2.12 bits per heavy atom. The van der Waals surface area contributed by atoms with Crippen molar-refractivity contribution in [1.82, 2.24) is 4.90 Å². The molecule has 0 radical (unpaired) electrons. The number of nitrogens with two attached hydrogens (primary N) is 1. The number of sulfonamides is 1. The first-order valence-electron chi connectivity index (χ1n) is 7.59. The first-order chi connectivity index (χ1) is 11.7. The summed E-state index contributed by atoms with van der Waals surface area (Å²) in [5.74, 6) is 0.169. The molecule has 3 N–H and O–H groups in total. The van der Waals surface area contributed by atoms with Crippen LogP contribution in [0.3, 0.4) is 0 Å². The predicted octanol–water partition coefficient (Wildman–Crippen LogP) is 1.61. The third-order valence-electron chi connectivity index (χ3n) is 3.65. The number of thiocarbonyl (C=S) groups is 1. The summed E-state index contributed by atoms with van der Waals surface area (Å²) in [6, 6.07) is 4.56. The van der Waals surface area contributed by atoms with Crippen molar-refractivity contribution < 1.29 is 18.0 Å². The topological polar surface area (TPSA) is 110 Å². The maximum absolute atomic E-state index is 12.0. The molecule has 0 spiro atoms. The minimum absolute atomic E-state index is 0.00892. The smallest absolute Gasteiger partial charge is 0.238 e. The van der Waals surface area contributed by atoms with Crippen molar-refractivity contribution >= 4 is 55.8 Å². The lowest BCUT2D eigenvalue weighted by Gasteiger charge is -2.14. The summed E-state index contributed by atoms with van der Waals surface area (Å²) in [5.41, 5.74) is 0.900. The Morgan fingerprint density at radius 1 is 1.40 bits per heavy atom. The third-order valence-corrected chi connectivity index (χ3v) is 6.14. The number of aryl methyl sites for hydroxylation is 1. The van der Waals surface area contributed by atoms with Crippen LogP contribution in [0.15, 0.2) is 23.1 Å². The van der Waals surface area contributed by atoms with Gasteiger partial charge >= 0.3 is 0 Å². The summed E-state index contributed by atoms with van der Waals surface area (Å²) in [4.78, 5) is 25.1. The number of primary sulfonamides is 1. The molecule has 0 atom stereocenters. The van der Waals surface area contributed by atoms with Crippen molar-refractivity contribution in [2.75, 3.05) is 17.6 Å². The molecule has 0 bridgehead atoms. The molecule has 136 valence electrons. The third kappa shape index (κ3) is 5.50. The fraction of sp³-hybridized carbons (Fsp3) is 0.400. The van der Waals surface area contributed by atoms with Crippen molar-refractivity contribution in [2.45, 2.75) is 31.1 Å². The molecular formula is C15H19N3O4S3. The van der Waals surface area contributed by atoms with Gasteiger partial charge in [-0.25, -0.2) is 13.6 Å². The molecule has 1 aliphatic heterocycles. The Kier molecular flexibility index (Phi) is 6.55. The summed E-state index contributed by atoms with van der Waals surface area (Å²) in [6.07, 6.45) is 1.52. The van der Waals surface area contributed by atoms with Gasteiger partial charge in [0.2, 0.25) is 21.8 Å². The maximum atomic E-state index is 12.0. The van der Waals surface area contributed by atoms with Crippen molar-refractivity contribution in [3.63, 3.8) is 0 Å². The van der Waals surface area contributed by atoms with E-state index in [1.807, 2.05) is 0 Å². The first-order valence-corrected chi connectivity index (χ1v) is 10.5. The molecule has 2 rings (SSSR count). The molecule has 0 aliphatic carbocycles. The number of thioether (sulfide) groups is 1. The zero-order valence-corrected chi connectivity index (χ0v) is 16.1. The van der Waals surface area contributed by atoms with Gasteiger partial charge < -0.3 is 5.32 Å². The van der Waals surface area contributed by atoms with Crippen molar-refractivity contribution in [3.05, 3.63) is 23.8 Å². The number of hydrogen-bond acceptors (Lipinski definition) is 6. The Balaban J connectivity index is 1.83. The number of nitrogens with zero attached hydrogens (tertiary/aromatic N) is 1. The molecular weight excluding hydrogens is 382 g/mol. The van der Waals surface area contributed by atoms with E-state index in [1.165, 1.54) is 17.8 Å². The molecule has 1 aliphatic rings. The van der Waals surface area contributed by atoms with Gasteiger partial charge in [-0.15, -0.1) is 0 Å². The minimum atomic E-state index is -3.84. The number of unbranched alkanes of at least 4 members (excludes halogenated alkanes) is 1. The number of nitrogens with one attached hydrogen (secondary N) is 1. The second-order valence-corrected chi connectivity index (χ2v) is 8.77. The van der Waals surface area contributed by atoms with Crippen LogP contribution in [0, 0.1) is 6.92 Å². The highest BCUT2D eigenvalue weighted by Gasteiger charge is 2.25. The van der Waals surface area contributed by atoms with Crippen LogP contribution >= 0.6 is 24.0 Å². The lowest BCUT2D eigenvalue weighted by molar-refractivity contribution is -0.124. The largest absolute Gasteiger partial charge is 0.326 e. The van der Waals surface area contributed by atoms with E-state index in [0.29, 0.717) is 40.7 Å². The zero-order valence-electron chi connectivity index (χ0n) is 13.6. The molecule has 1 fully saturated rings. The van der Waals surface area contributed by atoms with E-state index in [2.05, 4.69) is 5.32 Å². The van der Waals surface area contributed by atoms with E-state index in [9.17, 15) is 18.0 Å². The van der Waals surface area contributed by atoms with Gasteiger partial charge in [-0.2, -0.15) is 0 Å². The van der Waals surface area contributed by atoms with Crippen LogP contribution in [0.2, 0.25) is 0 Å². The molecule has 1 saturated heterocycles. The second kappa shape index (κ2) is 8.26. The molecule has 1 heterocycles. The standard InChI is InChI=1S/C15H19N3O4S3/c1-10-5-6-11(8-12(10)25(16,21)22)17-13(19)4-2-3-7-18-14(20)9-24-15(18)23/h5-6,8H,2-4,7,9H2,1H3,(H,17,19)(H2,16,21,22). The molecule has 0 unspecified atom stereocenters. The quantitative estimate of drug-likeness (QED) is 0.531. The molecule has 1 aromatic rings. The number of carbonyl (C=O) groups is 2. The molecule has 25 heavy (non-hydrogen) atoms. The molecule has 7 nitrogen and oxygen atoms in total. The van der Waals surface area contributed by atoms with Crippen LogP contribution in [0.5, 0.6) is 0 Å². The minimum Gasteiger partial charge on any atom is -0.326 e. The monoisotopic (exact) mass is 401 g/mol. The summed E-state index contributed by atoms with van der Waals surface area (Å²) >= 11 is 6.44. The summed E-state index contributed by atoms with van der Waals surface area (Å²) in [6.45, 7) is 2.14. The van der Waals surface area contributed by atoms with Gasteiger partial charge in [0.25, 0.3) is 0 Å². The maximum Gasteiger partial charge on any atom is 0.238 e. The van der Waals surface area contributed by atoms with E-state index in [-0.39, 0.29) is 23.1 Å². The van der Waals surface area contributed by atoms with E-state index in [1.54, 1.807) is 24.0 Å². The van der Waals surface area contributed by atoms with Crippen molar-refractivity contribution in [2.24, 2.45) is 5.14 Å². The summed E-state index contributed by atoms with van der Waals surface area (Å²) in [5, 5.41) is 7.81. The number of amides is 2. The van der Waals surface area contributed by atoms with Gasteiger partial charge in [0, 0.05) is 18.7 Å². The van der Waals surface area contributed by atoms with Gasteiger partial charge in [-0.3, -0.25) is 14.5 Å². The van der Waals surface area contributed by atoms with Crippen LogP contribution in [0.25, 0.3) is 0 Å². The lowest BCUT2D eigenvalue weighted by Crippen LogP contribution is -2.29. The van der Waals surface area contributed by atoms with Gasteiger partial charge in [0.05, 0.1) is 10.6 Å². The van der Waals surface area contributed by atoms with Gasteiger partial charge in [0.15, 0.2) is 0 Å². The van der Waals surface area contributed by atoms with Crippen molar-refractivity contribution in [3.8, 4) is 0 Å². The highest BCUT2D eigenvalue weighted by Crippen LogP contribution is 2.21. The van der Waals surface area contributed by atoms with Crippen LogP contribution in [0.4, 0.5) is 5.69 Å². The van der Waals surface area contributed by atoms with Crippen molar-refractivity contribution in [1.29, 1.82) is 0 Å². The highest BCUT2D eigenvalue weighted by molar-refractivity contribution is 8.23. The van der Waals surface area contributed by atoms with Gasteiger partial charge in [-0.1, -0.05) is 30.0 Å². The number of benzene rings is 1. The molecule has 10 heteroatoms. The van der Waals surface area contributed by atoms with Crippen LogP contribution in [-0.4, -0.2) is 41.8 Å². The van der Waals surface area contributed by atoms with Crippen LogP contribution < -0.4 is 10.5 Å².